The summed E-state index contributed by atoms with van der Waals surface area (Å²) in [6.45, 7) is 6.86. The summed E-state index contributed by atoms with van der Waals surface area (Å²) in [6, 6.07) is 16.9. The molecule has 0 aromatic heterocycles. The molecule has 0 aliphatic carbocycles. The fourth-order valence-corrected chi connectivity index (χ4v) is 3.56. The first-order valence-corrected chi connectivity index (χ1v) is 9.68. The summed E-state index contributed by atoms with van der Waals surface area (Å²) in [4.78, 5) is 26.2. The number of benzene rings is 2. The van der Waals surface area contributed by atoms with Crippen molar-refractivity contribution in [3.8, 4) is 0 Å². The lowest BCUT2D eigenvalue weighted by Crippen LogP contribution is -2.45. The lowest BCUT2D eigenvalue weighted by molar-refractivity contribution is -0.125. The molecule has 5 heteroatoms. The van der Waals surface area contributed by atoms with Crippen molar-refractivity contribution in [3.63, 3.8) is 0 Å². The van der Waals surface area contributed by atoms with Gasteiger partial charge < -0.3 is 15.4 Å². The van der Waals surface area contributed by atoms with E-state index in [0.717, 1.165) is 5.56 Å². The Labute approximate surface area is 166 Å². The van der Waals surface area contributed by atoms with Crippen LogP contribution in [0.5, 0.6) is 0 Å². The van der Waals surface area contributed by atoms with Crippen LogP contribution < -0.4 is 10.6 Å². The first kappa shape index (κ1) is 20.1. The second-order valence-corrected chi connectivity index (χ2v) is 8.26. The molecular weight excluding hydrogens is 352 g/mol. The zero-order valence-corrected chi connectivity index (χ0v) is 16.7. The molecule has 0 radical (unpaired) electrons. The van der Waals surface area contributed by atoms with E-state index in [1.54, 1.807) is 18.2 Å². The molecule has 1 aliphatic rings. The Hall–Kier alpha value is -2.66. The van der Waals surface area contributed by atoms with Gasteiger partial charge in [-0.05, 0) is 51.3 Å². The van der Waals surface area contributed by atoms with Crippen LogP contribution in [0.15, 0.2) is 54.6 Å². The van der Waals surface area contributed by atoms with Crippen LogP contribution in [0, 0.1) is 0 Å². The van der Waals surface area contributed by atoms with E-state index in [0.29, 0.717) is 37.3 Å². The third-order valence-corrected chi connectivity index (χ3v) is 5.02. The van der Waals surface area contributed by atoms with Gasteiger partial charge in [0.1, 0.15) is 0 Å². The van der Waals surface area contributed by atoms with Gasteiger partial charge in [0.25, 0.3) is 5.91 Å². The molecule has 2 aromatic carbocycles. The van der Waals surface area contributed by atoms with E-state index in [1.165, 1.54) is 0 Å². The molecule has 1 fully saturated rings. The minimum absolute atomic E-state index is 0.0991. The van der Waals surface area contributed by atoms with Crippen molar-refractivity contribution in [3.05, 3.63) is 65.7 Å². The minimum Gasteiger partial charge on any atom is -0.381 e. The van der Waals surface area contributed by atoms with Gasteiger partial charge in [-0.15, -0.1) is 0 Å². The summed E-state index contributed by atoms with van der Waals surface area (Å²) in [5, 5.41) is 5.99. The zero-order valence-electron chi connectivity index (χ0n) is 16.7. The van der Waals surface area contributed by atoms with Crippen LogP contribution in [0.4, 0.5) is 5.69 Å². The second kappa shape index (κ2) is 8.15. The van der Waals surface area contributed by atoms with Crippen molar-refractivity contribution in [1.82, 2.24) is 5.32 Å². The predicted octanol–water partition coefficient (Wildman–Crippen LogP) is 3.90. The number of nitrogens with one attached hydrogen (secondary N) is 2. The maximum absolute atomic E-state index is 13.5. The van der Waals surface area contributed by atoms with E-state index in [1.807, 2.05) is 57.2 Å². The molecule has 0 unspecified atom stereocenters. The van der Waals surface area contributed by atoms with Gasteiger partial charge in [0.05, 0.1) is 16.7 Å². The van der Waals surface area contributed by atoms with Gasteiger partial charge in [-0.3, -0.25) is 9.59 Å². The van der Waals surface area contributed by atoms with E-state index in [4.69, 9.17) is 4.74 Å². The summed E-state index contributed by atoms with van der Waals surface area (Å²) in [7, 11) is 0. The van der Waals surface area contributed by atoms with Crippen LogP contribution in [-0.4, -0.2) is 30.6 Å². The van der Waals surface area contributed by atoms with Gasteiger partial charge in [0, 0.05) is 18.8 Å². The molecule has 2 aromatic rings. The fourth-order valence-electron chi connectivity index (χ4n) is 3.56. The smallest absolute Gasteiger partial charge is 0.253 e. The molecule has 1 aliphatic heterocycles. The molecular formula is C23H28N2O3. The van der Waals surface area contributed by atoms with Crippen LogP contribution in [0.1, 0.15) is 49.5 Å². The van der Waals surface area contributed by atoms with Crippen LogP contribution in [0.2, 0.25) is 0 Å². The molecule has 148 valence electrons. The van der Waals surface area contributed by atoms with Crippen LogP contribution in [0.25, 0.3) is 0 Å². The number of carbonyl (C=O) groups excluding carboxylic acids is 2. The van der Waals surface area contributed by atoms with Gasteiger partial charge in [-0.1, -0.05) is 42.5 Å². The van der Waals surface area contributed by atoms with Crippen LogP contribution >= 0.6 is 0 Å². The second-order valence-electron chi connectivity index (χ2n) is 8.26. The first-order valence-electron chi connectivity index (χ1n) is 9.68. The monoisotopic (exact) mass is 380 g/mol. The number of anilines is 1. The summed E-state index contributed by atoms with van der Waals surface area (Å²) in [5.74, 6) is -0.304. The fraction of sp³-hybridized carbons (Fsp3) is 0.391. The maximum atomic E-state index is 13.5. The number of ether oxygens (including phenoxy) is 1. The highest BCUT2D eigenvalue weighted by Gasteiger charge is 2.42. The average molecular weight is 380 g/mol. The SMILES string of the molecule is CC(C)(C)NC(=O)c1ccccc1NC(=O)C1(c2ccccc2)CCOCC1. The van der Waals surface area contributed by atoms with E-state index in [9.17, 15) is 9.59 Å². The van der Waals surface area contributed by atoms with Crippen molar-refractivity contribution >= 4 is 17.5 Å². The number of carbonyl (C=O) groups is 2. The van der Waals surface area contributed by atoms with Crippen molar-refractivity contribution in [1.29, 1.82) is 0 Å². The lowest BCUT2D eigenvalue weighted by Gasteiger charge is -2.36. The molecule has 5 nitrogen and oxygen atoms in total. The van der Waals surface area contributed by atoms with Gasteiger partial charge in [-0.25, -0.2) is 0 Å². The Kier molecular flexibility index (Phi) is 5.84. The normalized spacial score (nSPS) is 16.2. The molecule has 0 bridgehead atoms. The topological polar surface area (TPSA) is 67.4 Å². The van der Waals surface area contributed by atoms with Crippen molar-refractivity contribution in [2.24, 2.45) is 0 Å². The molecule has 0 saturated carbocycles. The highest BCUT2D eigenvalue weighted by molar-refractivity contribution is 6.06. The molecule has 1 saturated heterocycles. The third-order valence-electron chi connectivity index (χ3n) is 5.02. The standard InChI is InChI=1S/C23H28N2O3/c1-22(2,3)25-20(26)18-11-7-8-12-19(18)24-21(27)23(13-15-28-16-14-23)17-9-5-4-6-10-17/h4-12H,13-16H2,1-3H3,(H,24,27)(H,25,26). The lowest BCUT2D eigenvalue weighted by atomic mass is 9.73. The Morgan fingerprint density at radius 2 is 1.54 bits per heavy atom. The number of hydrogen-bond donors (Lipinski definition) is 2. The number of rotatable bonds is 4. The molecule has 0 spiro atoms. The Morgan fingerprint density at radius 3 is 2.18 bits per heavy atom. The predicted molar refractivity (Wildman–Crippen MR) is 110 cm³/mol. The number of hydrogen-bond acceptors (Lipinski definition) is 3. The molecule has 2 amide bonds. The Bertz CT molecular complexity index is 834. The zero-order chi connectivity index (χ0) is 20.2. The minimum atomic E-state index is -0.660. The molecule has 2 N–H and O–H groups in total. The highest BCUT2D eigenvalue weighted by atomic mass is 16.5. The van der Waals surface area contributed by atoms with E-state index in [2.05, 4.69) is 10.6 Å². The van der Waals surface area contributed by atoms with E-state index >= 15 is 0 Å². The van der Waals surface area contributed by atoms with Crippen molar-refractivity contribution in [2.45, 2.75) is 44.6 Å². The largest absolute Gasteiger partial charge is 0.381 e. The molecule has 1 heterocycles. The van der Waals surface area contributed by atoms with Gasteiger partial charge in [0.15, 0.2) is 0 Å². The summed E-state index contributed by atoms with van der Waals surface area (Å²) in [6.07, 6.45) is 1.22. The Morgan fingerprint density at radius 1 is 0.929 bits per heavy atom. The third kappa shape index (κ3) is 4.42. The summed E-state index contributed by atoms with van der Waals surface area (Å²) >= 11 is 0. The Balaban J connectivity index is 1.90. The maximum Gasteiger partial charge on any atom is 0.253 e. The molecule has 3 rings (SSSR count). The van der Waals surface area contributed by atoms with Crippen molar-refractivity contribution in [2.75, 3.05) is 18.5 Å². The molecule has 0 atom stereocenters. The molecule has 28 heavy (non-hydrogen) atoms. The van der Waals surface area contributed by atoms with Crippen LogP contribution in [0.3, 0.4) is 0 Å². The van der Waals surface area contributed by atoms with Gasteiger partial charge in [-0.2, -0.15) is 0 Å². The summed E-state index contributed by atoms with van der Waals surface area (Å²) in [5.41, 5.74) is 0.942. The summed E-state index contributed by atoms with van der Waals surface area (Å²) < 4.78 is 5.52. The van der Waals surface area contributed by atoms with Crippen LogP contribution in [-0.2, 0) is 14.9 Å². The highest BCUT2D eigenvalue weighted by Crippen LogP contribution is 2.36. The van der Waals surface area contributed by atoms with Gasteiger partial charge in [0.2, 0.25) is 5.91 Å². The van der Waals surface area contributed by atoms with E-state index < -0.39 is 5.41 Å². The average Bonchev–Trinajstić information content (AvgIpc) is 2.68. The quantitative estimate of drug-likeness (QED) is 0.845. The number of amides is 2. The van der Waals surface area contributed by atoms with Crippen molar-refractivity contribution < 1.29 is 14.3 Å². The number of para-hydroxylation sites is 1. The van der Waals surface area contributed by atoms with Gasteiger partial charge >= 0.3 is 0 Å². The van der Waals surface area contributed by atoms with E-state index in [-0.39, 0.29) is 17.4 Å². The first-order chi connectivity index (χ1) is 13.3.